The van der Waals surface area contributed by atoms with Crippen LogP contribution in [0.15, 0.2) is 0 Å². The zero-order valence-corrected chi connectivity index (χ0v) is 10.3. The van der Waals surface area contributed by atoms with Gasteiger partial charge in [-0.05, 0) is 17.4 Å². The highest BCUT2D eigenvalue weighted by atomic mass is 32.2. The predicted molar refractivity (Wildman–Crippen MR) is 64.0 cm³/mol. The van der Waals surface area contributed by atoms with E-state index in [0.29, 0.717) is 5.25 Å². The summed E-state index contributed by atoms with van der Waals surface area (Å²) < 4.78 is 1.84. The van der Waals surface area contributed by atoms with Gasteiger partial charge in [0.05, 0.1) is 12.6 Å². The van der Waals surface area contributed by atoms with E-state index in [1.807, 2.05) is 35.1 Å². The van der Waals surface area contributed by atoms with E-state index in [0.717, 1.165) is 12.4 Å². The fraction of sp³-hybridized carbons (Fsp3) is 0.875. The first kappa shape index (κ1) is 11.2. The van der Waals surface area contributed by atoms with Crippen LogP contribution in [0.1, 0.15) is 18.8 Å². The predicted octanol–water partition coefficient (Wildman–Crippen LogP) is 0.541. The molecule has 2 rings (SSSR count). The van der Waals surface area contributed by atoms with E-state index in [1.165, 1.54) is 17.3 Å². The maximum absolute atomic E-state index is 5.79. The summed E-state index contributed by atoms with van der Waals surface area (Å²) in [5.41, 5.74) is 5.79. The quantitative estimate of drug-likeness (QED) is 0.838. The highest BCUT2D eigenvalue weighted by molar-refractivity contribution is 8.06. The zero-order valence-electron chi connectivity index (χ0n) is 8.67. The van der Waals surface area contributed by atoms with E-state index < -0.39 is 0 Å². The number of nitrogens with zero attached hydrogens (tertiary/aromatic N) is 4. The molecule has 1 aliphatic rings. The third kappa shape index (κ3) is 2.85. The Morgan fingerprint density at radius 3 is 3.13 bits per heavy atom. The van der Waals surface area contributed by atoms with Crippen molar-refractivity contribution in [3.8, 4) is 0 Å². The van der Waals surface area contributed by atoms with Crippen molar-refractivity contribution in [1.29, 1.82) is 0 Å². The number of hydrogen-bond donors (Lipinski definition) is 1. The van der Waals surface area contributed by atoms with Crippen molar-refractivity contribution < 1.29 is 0 Å². The minimum absolute atomic E-state index is 0.0961. The Kier molecular flexibility index (Phi) is 3.87. The second-order valence-corrected chi connectivity index (χ2v) is 6.13. The van der Waals surface area contributed by atoms with Crippen molar-refractivity contribution in [2.75, 3.05) is 17.3 Å². The molecule has 84 valence electrons. The lowest BCUT2D eigenvalue weighted by atomic mass is 10.3. The van der Waals surface area contributed by atoms with Gasteiger partial charge >= 0.3 is 0 Å². The molecule has 0 radical (unpaired) electrons. The van der Waals surface area contributed by atoms with Gasteiger partial charge in [-0.3, -0.25) is 0 Å². The van der Waals surface area contributed by atoms with E-state index in [1.54, 1.807) is 0 Å². The molecule has 5 nitrogen and oxygen atoms in total. The van der Waals surface area contributed by atoms with Crippen molar-refractivity contribution >= 4 is 23.5 Å². The molecule has 7 heteroatoms. The van der Waals surface area contributed by atoms with Gasteiger partial charge in [0.25, 0.3) is 0 Å². The molecule has 15 heavy (non-hydrogen) atoms. The van der Waals surface area contributed by atoms with Crippen molar-refractivity contribution in [1.82, 2.24) is 20.2 Å². The molecule has 0 aromatic carbocycles. The molecule has 0 saturated carbocycles. The first-order valence-corrected chi connectivity index (χ1v) is 7.18. The van der Waals surface area contributed by atoms with Gasteiger partial charge in [0.2, 0.25) is 0 Å². The standard InChI is InChI=1S/C8H15N5S2/c1-6(9)8-10-11-12-13(8)4-7-5-14-2-3-15-7/h6-7H,2-5,9H2,1H3. The number of aromatic nitrogens is 4. The van der Waals surface area contributed by atoms with Crippen LogP contribution in [0.5, 0.6) is 0 Å². The first-order valence-electron chi connectivity index (χ1n) is 4.98. The van der Waals surface area contributed by atoms with Gasteiger partial charge in [-0.1, -0.05) is 0 Å². The number of thioether (sulfide) groups is 2. The Balaban J connectivity index is 1.99. The lowest BCUT2D eigenvalue weighted by Crippen LogP contribution is -2.24. The average molecular weight is 245 g/mol. The normalized spacial score (nSPS) is 24.0. The zero-order chi connectivity index (χ0) is 10.7. The van der Waals surface area contributed by atoms with Crippen LogP contribution in [0.4, 0.5) is 0 Å². The maximum atomic E-state index is 5.79. The molecular formula is C8H15N5S2. The van der Waals surface area contributed by atoms with Crippen molar-refractivity contribution in [3.05, 3.63) is 5.82 Å². The van der Waals surface area contributed by atoms with Crippen molar-refractivity contribution in [2.45, 2.75) is 24.8 Å². The molecule has 1 aromatic heterocycles. The van der Waals surface area contributed by atoms with Crippen LogP contribution in [0.3, 0.4) is 0 Å². The van der Waals surface area contributed by atoms with E-state index >= 15 is 0 Å². The maximum Gasteiger partial charge on any atom is 0.167 e. The van der Waals surface area contributed by atoms with Crippen LogP contribution in [-0.2, 0) is 6.54 Å². The fourth-order valence-corrected chi connectivity index (χ4v) is 4.15. The van der Waals surface area contributed by atoms with E-state index in [9.17, 15) is 0 Å². The SMILES string of the molecule is CC(N)c1nnnn1CC1CSCCS1. The molecule has 2 atom stereocenters. The molecule has 2 N–H and O–H groups in total. The molecule has 1 aromatic rings. The summed E-state index contributed by atoms with van der Waals surface area (Å²) in [5.74, 6) is 4.45. The molecule has 0 bridgehead atoms. The average Bonchev–Trinajstić information content (AvgIpc) is 2.67. The van der Waals surface area contributed by atoms with Gasteiger partial charge < -0.3 is 5.73 Å². The number of nitrogens with two attached hydrogens (primary N) is 1. The molecule has 0 amide bonds. The Hall–Kier alpha value is -0.270. The van der Waals surface area contributed by atoms with Gasteiger partial charge in [-0.2, -0.15) is 23.5 Å². The van der Waals surface area contributed by atoms with Gasteiger partial charge in [-0.25, -0.2) is 4.68 Å². The van der Waals surface area contributed by atoms with E-state index in [2.05, 4.69) is 15.5 Å². The van der Waals surface area contributed by atoms with Crippen LogP contribution in [0.25, 0.3) is 0 Å². The minimum Gasteiger partial charge on any atom is -0.322 e. The molecule has 2 unspecified atom stereocenters. The van der Waals surface area contributed by atoms with Crippen LogP contribution >= 0.6 is 23.5 Å². The fourth-order valence-electron chi connectivity index (χ4n) is 1.50. The Morgan fingerprint density at radius 2 is 2.47 bits per heavy atom. The monoisotopic (exact) mass is 245 g/mol. The van der Waals surface area contributed by atoms with Gasteiger partial charge in [0.1, 0.15) is 0 Å². The van der Waals surface area contributed by atoms with Gasteiger partial charge in [-0.15, -0.1) is 5.10 Å². The highest BCUT2D eigenvalue weighted by Gasteiger charge is 2.18. The lowest BCUT2D eigenvalue weighted by molar-refractivity contribution is 0.543. The molecular weight excluding hydrogens is 230 g/mol. The van der Waals surface area contributed by atoms with Crippen molar-refractivity contribution in [2.24, 2.45) is 5.73 Å². The minimum atomic E-state index is -0.0961. The van der Waals surface area contributed by atoms with Crippen molar-refractivity contribution in [3.63, 3.8) is 0 Å². The van der Waals surface area contributed by atoms with Gasteiger partial charge in [0.15, 0.2) is 5.82 Å². The second-order valence-electron chi connectivity index (χ2n) is 3.58. The summed E-state index contributed by atoms with van der Waals surface area (Å²) in [4.78, 5) is 0. The largest absolute Gasteiger partial charge is 0.322 e. The third-order valence-electron chi connectivity index (χ3n) is 2.23. The topological polar surface area (TPSA) is 69.6 Å². The summed E-state index contributed by atoms with van der Waals surface area (Å²) in [6.45, 7) is 2.78. The molecule has 2 heterocycles. The second kappa shape index (κ2) is 5.18. The summed E-state index contributed by atoms with van der Waals surface area (Å²) >= 11 is 4.01. The highest BCUT2D eigenvalue weighted by Crippen LogP contribution is 2.25. The first-order chi connectivity index (χ1) is 7.27. The molecule has 1 aliphatic heterocycles. The molecule has 1 fully saturated rings. The molecule has 1 saturated heterocycles. The molecule has 0 spiro atoms. The van der Waals surface area contributed by atoms with Crippen LogP contribution in [0, 0.1) is 0 Å². The Morgan fingerprint density at radius 1 is 1.60 bits per heavy atom. The summed E-state index contributed by atoms with van der Waals surface area (Å²) in [7, 11) is 0. The number of rotatable bonds is 3. The van der Waals surface area contributed by atoms with Crippen LogP contribution < -0.4 is 5.73 Å². The number of tetrazole rings is 1. The summed E-state index contributed by atoms with van der Waals surface area (Å²) in [6, 6.07) is -0.0961. The van der Waals surface area contributed by atoms with Gasteiger partial charge in [0, 0.05) is 22.5 Å². The van der Waals surface area contributed by atoms with E-state index in [4.69, 9.17) is 5.73 Å². The Bertz CT molecular complexity index is 308. The number of hydrogen-bond acceptors (Lipinski definition) is 6. The van der Waals surface area contributed by atoms with Crippen LogP contribution in [0.2, 0.25) is 0 Å². The summed E-state index contributed by atoms with van der Waals surface area (Å²) in [5, 5.41) is 12.2. The van der Waals surface area contributed by atoms with E-state index in [-0.39, 0.29) is 6.04 Å². The Labute approximate surface area is 97.5 Å². The molecule has 0 aliphatic carbocycles. The lowest BCUT2D eigenvalue weighted by Gasteiger charge is -2.21. The van der Waals surface area contributed by atoms with Crippen LogP contribution in [-0.4, -0.2) is 42.7 Å². The summed E-state index contributed by atoms with van der Waals surface area (Å²) in [6.07, 6.45) is 0. The third-order valence-corrected chi connectivity index (χ3v) is 5.06. The smallest absolute Gasteiger partial charge is 0.167 e.